The van der Waals surface area contributed by atoms with E-state index in [4.69, 9.17) is 14.8 Å². The molecule has 3 aromatic carbocycles. The molecule has 4 rings (SSSR count). The Morgan fingerprint density at radius 2 is 1.65 bits per heavy atom. The lowest BCUT2D eigenvalue weighted by atomic mass is 10.00. The van der Waals surface area contributed by atoms with Crippen LogP contribution in [0, 0.1) is 0 Å². The Labute approximate surface area is 215 Å². The smallest absolute Gasteiger partial charge is 0.354 e. The van der Waals surface area contributed by atoms with E-state index < -0.39 is 13.6 Å². The number of carbonyl (C=O) groups is 2. The van der Waals surface area contributed by atoms with Gasteiger partial charge < -0.3 is 25.4 Å². The van der Waals surface area contributed by atoms with Crippen molar-refractivity contribution in [2.75, 3.05) is 35.8 Å². The summed E-state index contributed by atoms with van der Waals surface area (Å²) >= 11 is 0. The van der Waals surface area contributed by atoms with Crippen LogP contribution in [0.2, 0.25) is 0 Å². The van der Waals surface area contributed by atoms with Crippen LogP contribution in [0.4, 0.5) is 21.9 Å². The summed E-state index contributed by atoms with van der Waals surface area (Å²) in [7, 11) is -1.98. The summed E-state index contributed by atoms with van der Waals surface area (Å²) in [6.45, 7) is 3.93. The summed E-state index contributed by atoms with van der Waals surface area (Å²) in [5.41, 5.74) is 9.60. The van der Waals surface area contributed by atoms with E-state index in [0.717, 1.165) is 5.56 Å². The van der Waals surface area contributed by atoms with Gasteiger partial charge in [-0.25, -0.2) is 4.79 Å². The molecule has 0 spiro atoms. The first-order valence-corrected chi connectivity index (χ1v) is 13.4. The Hall–Kier alpha value is -3.91. The van der Waals surface area contributed by atoms with E-state index in [1.807, 2.05) is 30.3 Å². The summed E-state index contributed by atoms with van der Waals surface area (Å²) in [5.74, 6) is -0.300. The van der Waals surface area contributed by atoms with E-state index in [1.165, 1.54) is 4.90 Å². The van der Waals surface area contributed by atoms with Crippen LogP contribution in [0.15, 0.2) is 72.8 Å². The molecule has 0 aromatic heterocycles. The SMILES string of the molecule is CCOP(=O)(OCC)c1ccc2c(c1)C(=C(Nc1ccc(N(C)C(N)=O)cc1)c1ccccc1)C(=O)N2. The Morgan fingerprint density at radius 3 is 2.24 bits per heavy atom. The highest BCUT2D eigenvalue weighted by Crippen LogP contribution is 2.48. The first-order chi connectivity index (χ1) is 17.8. The molecular formula is C27H29N4O5P. The third kappa shape index (κ3) is 5.44. The van der Waals surface area contributed by atoms with Gasteiger partial charge in [-0.3, -0.25) is 14.3 Å². The molecule has 1 aliphatic heterocycles. The lowest BCUT2D eigenvalue weighted by Gasteiger charge is -2.19. The molecule has 0 saturated carbocycles. The van der Waals surface area contributed by atoms with Crippen molar-refractivity contribution in [2.45, 2.75) is 13.8 Å². The first-order valence-electron chi connectivity index (χ1n) is 11.8. The van der Waals surface area contributed by atoms with Gasteiger partial charge in [0, 0.05) is 29.7 Å². The minimum absolute atomic E-state index is 0.214. The van der Waals surface area contributed by atoms with E-state index in [-0.39, 0.29) is 19.1 Å². The van der Waals surface area contributed by atoms with E-state index in [1.54, 1.807) is 63.4 Å². The lowest BCUT2D eigenvalue weighted by molar-refractivity contribution is -0.110. The van der Waals surface area contributed by atoms with Gasteiger partial charge in [0.25, 0.3) is 5.91 Å². The van der Waals surface area contributed by atoms with Crippen molar-refractivity contribution in [3.05, 3.63) is 83.9 Å². The van der Waals surface area contributed by atoms with Crippen molar-refractivity contribution in [1.29, 1.82) is 0 Å². The Bertz CT molecular complexity index is 1380. The third-order valence-electron chi connectivity index (χ3n) is 5.83. The van der Waals surface area contributed by atoms with Gasteiger partial charge in [-0.05, 0) is 61.9 Å². The maximum Gasteiger partial charge on any atom is 0.361 e. The zero-order valence-electron chi connectivity index (χ0n) is 20.9. The Balaban J connectivity index is 1.83. The number of nitrogens with zero attached hydrogens (tertiary/aromatic N) is 1. The third-order valence-corrected chi connectivity index (χ3v) is 7.94. The molecule has 1 heterocycles. The highest BCUT2D eigenvalue weighted by Gasteiger charge is 2.33. The monoisotopic (exact) mass is 520 g/mol. The predicted octanol–water partition coefficient (Wildman–Crippen LogP) is 5.03. The highest BCUT2D eigenvalue weighted by atomic mass is 31.2. The fraction of sp³-hybridized carbons (Fsp3) is 0.185. The normalized spacial score (nSPS) is 14.1. The fourth-order valence-corrected chi connectivity index (χ4v) is 5.62. The van der Waals surface area contributed by atoms with E-state index in [0.29, 0.717) is 39.2 Å². The van der Waals surface area contributed by atoms with Crippen LogP contribution in [0.25, 0.3) is 11.3 Å². The number of amides is 3. The number of hydrogen-bond donors (Lipinski definition) is 3. The van der Waals surface area contributed by atoms with Crippen molar-refractivity contribution >= 4 is 53.2 Å². The van der Waals surface area contributed by atoms with Crippen LogP contribution < -0.4 is 26.6 Å². The number of nitrogens with two attached hydrogens (primary N) is 1. The van der Waals surface area contributed by atoms with E-state index in [9.17, 15) is 14.2 Å². The molecule has 9 nitrogen and oxygen atoms in total. The van der Waals surface area contributed by atoms with Crippen LogP contribution in [0.3, 0.4) is 0 Å². The molecular weight excluding hydrogens is 491 g/mol. The molecule has 3 amide bonds. The van der Waals surface area contributed by atoms with Gasteiger partial charge in [0.2, 0.25) is 0 Å². The maximum absolute atomic E-state index is 13.5. The summed E-state index contributed by atoms with van der Waals surface area (Å²) < 4.78 is 24.5. The molecule has 1 aliphatic rings. The number of urea groups is 1. The molecule has 4 N–H and O–H groups in total. The molecule has 3 aromatic rings. The molecule has 37 heavy (non-hydrogen) atoms. The number of nitrogens with one attached hydrogen (secondary N) is 2. The van der Waals surface area contributed by atoms with Gasteiger partial charge in [0.05, 0.1) is 29.8 Å². The summed E-state index contributed by atoms with van der Waals surface area (Å²) in [5, 5.41) is 6.63. The lowest BCUT2D eigenvalue weighted by Crippen LogP contribution is -2.31. The minimum atomic E-state index is -3.57. The van der Waals surface area contributed by atoms with Gasteiger partial charge in [-0.1, -0.05) is 30.3 Å². The molecule has 10 heteroatoms. The van der Waals surface area contributed by atoms with Gasteiger partial charge in [0.15, 0.2) is 0 Å². The van der Waals surface area contributed by atoms with Crippen LogP contribution in [-0.2, 0) is 18.4 Å². The molecule has 0 bridgehead atoms. The van der Waals surface area contributed by atoms with Gasteiger partial charge in [-0.15, -0.1) is 0 Å². The molecule has 0 atom stereocenters. The van der Waals surface area contributed by atoms with E-state index in [2.05, 4.69) is 10.6 Å². The van der Waals surface area contributed by atoms with Gasteiger partial charge >= 0.3 is 13.6 Å². The quantitative estimate of drug-likeness (QED) is 0.269. The highest BCUT2D eigenvalue weighted by molar-refractivity contribution is 7.62. The van der Waals surface area contributed by atoms with E-state index >= 15 is 0 Å². The second-order valence-corrected chi connectivity index (χ2v) is 10.2. The number of benzene rings is 3. The van der Waals surface area contributed by atoms with Crippen LogP contribution in [0.1, 0.15) is 25.0 Å². The van der Waals surface area contributed by atoms with Crippen molar-refractivity contribution in [1.82, 2.24) is 0 Å². The minimum Gasteiger partial charge on any atom is -0.354 e. The second-order valence-electron chi connectivity index (χ2n) is 8.20. The zero-order chi connectivity index (χ0) is 26.6. The van der Waals surface area contributed by atoms with Crippen LogP contribution in [0.5, 0.6) is 0 Å². The average Bonchev–Trinajstić information content (AvgIpc) is 3.22. The summed E-state index contributed by atoms with van der Waals surface area (Å²) in [6, 6.07) is 21.0. The van der Waals surface area contributed by atoms with Crippen molar-refractivity contribution in [2.24, 2.45) is 5.73 Å². The molecule has 0 fully saturated rings. The number of hydrogen-bond acceptors (Lipinski definition) is 6. The second kappa shape index (κ2) is 11.0. The number of primary amides is 1. The van der Waals surface area contributed by atoms with Gasteiger partial charge in [0.1, 0.15) is 0 Å². The number of rotatable bonds is 9. The molecule has 192 valence electrons. The topological polar surface area (TPSA) is 123 Å². The largest absolute Gasteiger partial charge is 0.361 e. The fourth-order valence-electron chi connectivity index (χ4n) is 4.02. The van der Waals surface area contributed by atoms with Crippen LogP contribution >= 0.6 is 7.60 Å². The van der Waals surface area contributed by atoms with Crippen molar-refractivity contribution < 1.29 is 23.2 Å². The molecule has 0 aliphatic carbocycles. The van der Waals surface area contributed by atoms with Gasteiger partial charge in [-0.2, -0.15) is 0 Å². The van der Waals surface area contributed by atoms with Crippen molar-refractivity contribution in [3.8, 4) is 0 Å². The summed E-state index contributed by atoms with van der Waals surface area (Å²) in [6.07, 6.45) is 0. The number of anilines is 3. The molecule has 0 radical (unpaired) electrons. The Morgan fingerprint density at radius 1 is 1.00 bits per heavy atom. The maximum atomic E-state index is 13.5. The standard InChI is InChI=1S/C27H29N4O5P/c1-4-35-37(34,36-5-2)21-15-16-23-22(17-21)24(26(32)30-23)25(18-9-7-6-8-10-18)29-19-11-13-20(14-12-19)31(3)27(28)33/h6-17,29H,4-5H2,1-3H3,(H2,28,33)(H,30,32). The van der Waals surface area contributed by atoms with Crippen LogP contribution in [-0.4, -0.2) is 32.2 Å². The Kier molecular flexibility index (Phi) is 7.78. The molecule has 0 unspecified atom stereocenters. The number of carbonyl (C=O) groups excluding carboxylic acids is 2. The first kappa shape index (κ1) is 26.2. The predicted molar refractivity (Wildman–Crippen MR) is 147 cm³/mol. The molecule has 0 saturated heterocycles. The number of fused-ring (bicyclic) bond motifs is 1. The van der Waals surface area contributed by atoms with Crippen molar-refractivity contribution in [3.63, 3.8) is 0 Å². The summed E-state index contributed by atoms with van der Waals surface area (Å²) in [4.78, 5) is 26.1. The average molecular weight is 521 g/mol. The zero-order valence-corrected chi connectivity index (χ0v) is 21.7.